The zero-order valence-corrected chi connectivity index (χ0v) is 57.7. The second-order valence-electron chi connectivity index (χ2n) is 27.4. The van der Waals surface area contributed by atoms with E-state index in [0.717, 1.165) is 38.5 Å². The van der Waals surface area contributed by atoms with Gasteiger partial charge in [-0.05, 0) is 25.7 Å². The van der Waals surface area contributed by atoms with E-state index in [0.29, 0.717) is 25.9 Å². The van der Waals surface area contributed by atoms with Crippen LogP contribution in [0.1, 0.15) is 463 Å². The van der Waals surface area contributed by atoms with E-state index in [1.54, 1.807) is 0 Å². The molecule has 0 radical (unpaired) electrons. The number of hydrogen-bond acceptors (Lipinski definition) is 5. The molecule has 0 heterocycles. The smallest absolute Gasteiger partial charge is 0.305 e. The fourth-order valence-electron chi connectivity index (χ4n) is 12.9. The Morgan fingerprint density at radius 3 is 0.726 bits per heavy atom. The Morgan fingerprint density at radius 1 is 0.286 bits per heavy atom. The lowest BCUT2D eigenvalue weighted by Gasteiger charge is -2.22. The maximum Gasteiger partial charge on any atom is 0.305 e. The van der Waals surface area contributed by atoms with Crippen LogP contribution in [0.5, 0.6) is 0 Å². The molecule has 6 heteroatoms. The van der Waals surface area contributed by atoms with Crippen LogP contribution in [0.4, 0.5) is 0 Å². The topological polar surface area (TPSA) is 95.9 Å². The Balaban J connectivity index is 3.33. The number of esters is 1. The molecule has 2 unspecified atom stereocenters. The SMILES string of the molecule is CCCCCCCCCCCCCCCCCCCCCCCCC(O)C(CO)NC(=O)CCCCCCCCCCCCCCCCCCCCCCCCCCCCCCOC(=O)CCCCCCCCCCCCCCCCCCC. The summed E-state index contributed by atoms with van der Waals surface area (Å²) in [5.74, 6) is -0.00110. The van der Waals surface area contributed by atoms with Gasteiger partial charge in [0, 0.05) is 12.8 Å². The molecule has 3 N–H and O–H groups in total. The summed E-state index contributed by atoms with van der Waals surface area (Å²) in [5, 5.41) is 23.5. The van der Waals surface area contributed by atoms with Crippen molar-refractivity contribution in [3.05, 3.63) is 0 Å². The van der Waals surface area contributed by atoms with Crippen molar-refractivity contribution in [2.24, 2.45) is 0 Å². The van der Waals surface area contributed by atoms with Gasteiger partial charge in [0.1, 0.15) is 0 Å². The summed E-state index contributed by atoms with van der Waals surface area (Å²) < 4.78 is 5.52. The molecule has 0 saturated heterocycles. The molecule has 0 spiro atoms. The lowest BCUT2D eigenvalue weighted by Crippen LogP contribution is -2.45. The molecule has 0 rings (SSSR count). The van der Waals surface area contributed by atoms with Crippen molar-refractivity contribution >= 4 is 11.9 Å². The van der Waals surface area contributed by atoms with Gasteiger partial charge in [-0.1, -0.05) is 425 Å². The van der Waals surface area contributed by atoms with E-state index in [2.05, 4.69) is 19.2 Å². The lowest BCUT2D eigenvalue weighted by molar-refractivity contribution is -0.143. The molecule has 502 valence electrons. The summed E-state index contributed by atoms with van der Waals surface area (Å²) in [6.07, 6.45) is 91.9. The van der Waals surface area contributed by atoms with Crippen molar-refractivity contribution in [3.63, 3.8) is 0 Å². The second kappa shape index (κ2) is 74.3. The van der Waals surface area contributed by atoms with Crippen molar-refractivity contribution in [2.75, 3.05) is 13.2 Å². The van der Waals surface area contributed by atoms with Crippen molar-refractivity contribution in [2.45, 2.75) is 475 Å². The number of ether oxygens (including phenoxy) is 1. The summed E-state index contributed by atoms with van der Waals surface area (Å²) in [4.78, 5) is 24.7. The molecule has 6 nitrogen and oxygen atoms in total. The van der Waals surface area contributed by atoms with Gasteiger partial charge in [-0.2, -0.15) is 0 Å². The summed E-state index contributed by atoms with van der Waals surface area (Å²) in [6.45, 7) is 5.02. The van der Waals surface area contributed by atoms with Crippen LogP contribution >= 0.6 is 0 Å². The van der Waals surface area contributed by atoms with Crippen molar-refractivity contribution < 1.29 is 24.5 Å². The minimum Gasteiger partial charge on any atom is -0.466 e. The van der Waals surface area contributed by atoms with Crippen LogP contribution in [0.25, 0.3) is 0 Å². The monoisotopic (exact) mass is 1190 g/mol. The Labute approximate surface area is 527 Å². The van der Waals surface area contributed by atoms with Crippen molar-refractivity contribution in [1.82, 2.24) is 5.32 Å². The number of aliphatic hydroxyl groups is 2. The molecule has 2 atom stereocenters. The van der Waals surface area contributed by atoms with E-state index in [-0.39, 0.29) is 18.5 Å². The van der Waals surface area contributed by atoms with Gasteiger partial charge in [-0.15, -0.1) is 0 Å². The maximum atomic E-state index is 12.6. The van der Waals surface area contributed by atoms with Gasteiger partial charge >= 0.3 is 5.97 Å². The van der Waals surface area contributed by atoms with E-state index >= 15 is 0 Å². The number of amides is 1. The quantitative estimate of drug-likeness (QED) is 0.0417. The Hall–Kier alpha value is -1.14. The fraction of sp³-hybridized carbons (Fsp3) is 0.974. The van der Waals surface area contributed by atoms with Crippen LogP contribution in [0.2, 0.25) is 0 Å². The van der Waals surface area contributed by atoms with Gasteiger partial charge in [0.25, 0.3) is 0 Å². The summed E-state index contributed by atoms with van der Waals surface area (Å²) >= 11 is 0. The largest absolute Gasteiger partial charge is 0.466 e. The van der Waals surface area contributed by atoms with Crippen LogP contribution in [-0.4, -0.2) is 47.4 Å². The van der Waals surface area contributed by atoms with Crippen molar-refractivity contribution in [3.8, 4) is 0 Å². The number of unbranched alkanes of at least 4 members (excludes halogenated alkanes) is 64. The van der Waals surface area contributed by atoms with Gasteiger partial charge in [-0.3, -0.25) is 9.59 Å². The highest BCUT2D eigenvalue weighted by Crippen LogP contribution is 2.21. The Bertz CT molecular complexity index is 1230. The molecule has 0 aromatic rings. The van der Waals surface area contributed by atoms with E-state index in [9.17, 15) is 19.8 Å². The van der Waals surface area contributed by atoms with Gasteiger partial charge in [0.2, 0.25) is 5.91 Å². The first-order valence-electron chi connectivity index (χ1n) is 39.3. The first-order chi connectivity index (χ1) is 41.5. The van der Waals surface area contributed by atoms with Crippen LogP contribution in [0.3, 0.4) is 0 Å². The normalized spacial score (nSPS) is 12.4. The standard InChI is InChI=1S/C78H155NO5/c1-3-5-7-9-11-13-15-17-19-21-22-23-32-35-39-42-46-50-54-58-62-66-70-76(81)75(74-80)79-77(82)71-67-63-59-55-51-47-43-40-36-33-30-28-26-24-25-27-29-31-34-37-41-45-49-53-57-61-65-69-73-84-78(83)72-68-64-60-56-52-48-44-38-20-18-16-14-12-10-8-6-4-2/h75-76,80-81H,3-74H2,1-2H3,(H,79,82). The molecular formula is C78H155NO5. The average Bonchev–Trinajstić information content (AvgIpc) is 3.50. The average molecular weight is 1190 g/mol. The van der Waals surface area contributed by atoms with E-state index < -0.39 is 12.1 Å². The highest BCUT2D eigenvalue weighted by atomic mass is 16.5. The zero-order valence-electron chi connectivity index (χ0n) is 57.7. The molecule has 0 aromatic heterocycles. The number of nitrogens with one attached hydrogen (secondary N) is 1. The molecular weight excluding hydrogens is 1030 g/mol. The number of aliphatic hydroxyl groups excluding tert-OH is 2. The molecule has 1 amide bonds. The van der Waals surface area contributed by atoms with Gasteiger partial charge in [-0.25, -0.2) is 0 Å². The first kappa shape index (κ1) is 82.9. The third kappa shape index (κ3) is 70.0. The summed E-state index contributed by atoms with van der Waals surface area (Å²) in [6, 6.07) is -0.539. The molecule has 0 bridgehead atoms. The van der Waals surface area contributed by atoms with Crippen LogP contribution in [0, 0.1) is 0 Å². The van der Waals surface area contributed by atoms with Crippen LogP contribution in [0.15, 0.2) is 0 Å². The lowest BCUT2D eigenvalue weighted by atomic mass is 10.0. The van der Waals surface area contributed by atoms with Crippen LogP contribution < -0.4 is 5.32 Å². The van der Waals surface area contributed by atoms with Gasteiger partial charge < -0.3 is 20.3 Å². The Kier molecular flexibility index (Phi) is 73.3. The zero-order chi connectivity index (χ0) is 60.6. The maximum absolute atomic E-state index is 12.6. The molecule has 0 saturated carbocycles. The minimum atomic E-state index is -0.662. The third-order valence-electron chi connectivity index (χ3n) is 18.9. The summed E-state index contributed by atoms with van der Waals surface area (Å²) in [5.41, 5.74) is 0. The molecule has 0 fully saturated rings. The summed E-state index contributed by atoms with van der Waals surface area (Å²) in [7, 11) is 0. The molecule has 0 aliphatic heterocycles. The van der Waals surface area contributed by atoms with E-state index in [1.165, 1.54) is 392 Å². The Morgan fingerprint density at radius 2 is 0.488 bits per heavy atom. The molecule has 0 aliphatic rings. The first-order valence-corrected chi connectivity index (χ1v) is 39.3. The number of hydrogen-bond donors (Lipinski definition) is 3. The second-order valence-corrected chi connectivity index (χ2v) is 27.4. The van der Waals surface area contributed by atoms with Crippen molar-refractivity contribution in [1.29, 1.82) is 0 Å². The molecule has 0 aliphatic carbocycles. The van der Waals surface area contributed by atoms with E-state index in [1.807, 2.05) is 0 Å². The van der Waals surface area contributed by atoms with Gasteiger partial charge in [0.05, 0.1) is 25.4 Å². The molecule has 84 heavy (non-hydrogen) atoms. The predicted molar refractivity (Wildman–Crippen MR) is 371 cm³/mol. The number of carbonyl (C=O) groups excluding carboxylic acids is 2. The highest BCUT2D eigenvalue weighted by molar-refractivity contribution is 5.76. The van der Waals surface area contributed by atoms with E-state index in [4.69, 9.17) is 4.74 Å². The number of carbonyl (C=O) groups is 2. The van der Waals surface area contributed by atoms with Gasteiger partial charge in [0.15, 0.2) is 0 Å². The highest BCUT2D eigenvalue weighted by Gasteiger charge is 2.20. The minimum absolute atomic E-state index is 0.0245. The number of rotatable bonds is 75. The van der Waals surface area contributed by atoms with Crippen LogP contribution in [-0.2, 0) is 14.3 Å². The fourth-order valence-corrected chi connectivity index (χ4v) is 12.9. The predicted octanol–water partition coefficient (Wildman–Crippen LogP) is 25.7. The molecule has 0 aromatic carbocycles. The third-order valence-corrected chi connectivity index (χ3v) is 18.9.